The molecule has 1 atom stereocenters. The number of hydrogen-bond donors (Lipinski definition) is 1. The van der Waals surface area contributed by atoms with E-state index in [-0.39, 0.29) is 30.7 Å². The van der Waals surface area contributed by atoms with Gasteiger partial charge in [0, 0.05) is 43.0 Å². The third-order valence-electron chi connectivity index (χ3n) is 5.10. The zero-order valence-electron chi connectivity index (χ0n) is 16.7. The molecule has 3 heterocycles. The molecule has 1 fully saturated rings. The molecule has 166 valence electrons. The predicted molar refractivity (Wildman–Crippen MR) is 132 cm³/mol. The Morgan fingerprint density at radius 2 is 1.84 bits per heavy atom. The molecule has 0 saturated carbocycles. The number of amides is 1. The number of benzene rings is 1. The van der Waals surface area contributed by atoms with Crippen molar-refractivity contribution >= 4 is 59.5 Å². The highest BCUT2D eigenvalue weighted by Gasteiger charge is 2.27. The van der Waals surface area contributed by atoms with Crippen LogP contribution < -0.4 is 10.6 Å². The average Bonchev–Trinajstić information content (AvgIpc) is 3.30. The van der Waals surface area contributed by atoms with Gasteiger partial charge in [0.15, 0.2) is 0 Å². The Kier molecular flexibility index (Phi) is 9.53. The Hall–Kier alpha value is -1.90. The summed E-state index contributed by atoms with van der Waals surface area (Å²) in [6.07, 6.45) is 3.93. The van der Waals surface area contributed by atoms with Crippen molar-refractivity contribution in [2.45, 2.75) is 12.5 Å². The molecular formula is C21H24Cl3N5OS. The lowest BCUT2D eigenvalue weighted by molar-refractivity contribution is -0.132. The quantitative estimate of drug-likeness (QED) is 0.575. The van der Waals surface area contributed by atoms with Crippen molar-refractivity contribution in [1.29, 1.82) is 0 Å². The SMILES string of the molecule is Cl.Cl.NC(Cc1ccc(Cl)cc1)C(=O)N1CCN(c2ncncc2-c2ccsc2)CC1. The van der Waals surface area contributed by atoms with E-state index in [9.17, 15) is 4.79 Å². The Labute approximate surface area is 203 Å². The monoisotopic (exact) mass is 499 g/mol. The fourth-order valence-electron chi connectivity index (χ4n) is 3.53. The number of nitrogens with two attached hydrogens (primary N) is 1. The molecule has 2 aromatic heterocycles. The molecule has 1 amide bonds. The van der Waals surface area contributed by atoms with Crippen molar-refractivity contribution in [3.63, 3.8) is 0 Å². The van der Waals surface area contributed by atoms with Crippen LogP contribution in [0.25, 0.3) is 11.1 Å². The fraction of sp³-hybridized carbons (Fsp3) is 0.286. The lowest BCUT2D eigenvalue weighted by Crippen LogP contribution is -2.54. The maximum Gasteiger partial charge on any atom is 0.239 e. The van der Waals surface area contributed by atoms with Crippen LogP contribution in [0.15, 0.2) is 53.6 Å². The van der Waals surface area contributed by atoms with E-state index in [2.05, 4.69) is 26.3 Å². The van der Waals surface area contributed by atoms with E-state index in [0.717, 1.165) is 22.5 Å². The van der Waals surface area contributed by atoms with Gasteiger partial charge in [-0.05, 0) is 46.5 Å². The van der Waals surface area contributed by atoms with E-state index < -0.39 is 6.04 Å². The van der Waals surface area contributed by atoms with Crippen molar-refractivity contribution in [2.75, 3.05) is 31.1 Å². The van der Waals surface area contributed by atoms with Crippen LogP contribution in [0.3, 0.4) is 0 Å². The van der Waals surface area contributed by atoms with Crippen molar-refractivity contribution in [3.8, 4) is 11.1 Å². The fourth-order valence-corrected chi connectivity index (χ4v) is 4.31. The number of anilines is 1. The number of piperazine rings is 1. The first kappa shape index (κ1) is 25.4. The Morgan fingerprint density at radius 1 is 1.13 bits per heavy atom. The van der Waals surface area contributed by atoms with Crippen LogP contribution in [-0.2, 0) is 11.2 Å². The van der Waals surface area contributed by atoms with E-state index in [0.29, 0.717) is 37.6 Å². The Morgan fingerprint density at radius 3 is 2.48 bits per heavy atom. The molecular weight excluding hydrogens is 477 g/mol. The average molecular weight is 501 g/mol. The minimum atomic E-state index is -0.553. The molecule has 0 radical (unpaired) electrons. The smallest absolute Gasteiger partial charge is 0.239 e. The van der Waals surface area contributed by atoms with Crippen LogP contribution >= 0.6 is 47.8 Å². The largest absolute Gasteiger partial charge is 0.352 e. The highest BCUT2D eigenvalue weighted by atomic mass is 35.5. The molecule has 1 aliphatic rings. The third kappa shape index (κ3) is 6.08. The molecule has 3 aromatic rings. The van der Waals surface area contributed by atoms with Gasteiger partial charge in [-0.2, -0.15) is 11.3 Å². The molecule has 4 rings (SSSR count). The van der Waals surface area contributed by atoms with Gasteiger partial charge in [-0.3, -0.25) is 4.79 Å². The van der Waals surface area contributed by atoms with Gasteiger partial charge >= 0.3 is 0 Å². The lowest BCUT2D eigenvalue weighted by atomic mass is 10.1. The summed E-state index contributed by atoms with van der Waals surface area (Å²) in [5.41, 5.74) is 9.35. The summed E-state index contributed by atoms with van der Waals surface area (Å²) in [5.74, 6) is 0.899. The molecule has 0 aliphatic carbocycles. The molecule has 10 heteroatoms. The lowest BCUT2D eigenvalue weighted by Gasteiger charge is -2.37. The molecule has 0 spiro atoms. The molecule has 0 bridgehead atoms. The van der Waals surface area contributed by atoms with Gasteiger partial charge in [-0.1, -0.05) is 23.7 Å². The number of halogens is 3. The summed E-state index contributed by atoms with van der Waals surface area (Å²) in [5, 5.41) is 4.82. The first-order valence-electron chi connectivity index (χ1n) is 9.48. The highest BCUT2D eigenvalue weighted by Crippen LogP contribution is 2.30. The van der Waals surface area contributed by atoms with Gasteiger partial charge in [0.1, 0.15) is 12.1 Å². The second kappa shape index (κ2) is 11.6. The first-order chi connectivity index (χ1) is 14.1. The van der Waals surface area contributed by atoms with Crippen LogP contribution in [0.1, 0.15) is 5.56 Å². The zero-order chi connectivity index (χ0) is 20.2. The van der Waals surface area contributed by atoms with E-state index >= 15 is 0 Å². The van der Waals surface area contributed by atoms with Gasteiger partial charge in [-0.15, -0.1) is 24.8 Å². The summed E-state index contributed by atoms with van der Waals surface area (Å²) < 4.78 is 0. The molecule has 2 N–H and O–H groups in total. The Bertz CT molecular complexity index is 963. The van der Waals surface area contributed by atoms with Gasteiger partial charge in [-0.25, -0.2) is 9.97 Å². The van der Waals surface area contributed by atoms with Crippen LogP contribution in [0.4, 0.5) is 5.82 Å². The van der Waals surface area contributed by atoms with Crippen molar-refractivity contribution in [2.24, 2.45) is 5.73 Å². The normalized spacial score (nSPS) is 14.4. The van der Waals surface area contributed by atoms with Crippen LogP contribution in [0.5, 0.6) is 0 Å². The van der Waals surface area contributed by atoms with E-state index in [4.69, 9.17) is 17.3 Å². The zero-order valence-corrected chi connectivity index (χ0v) is 19.9. The number of nitrogens with zero attached hydrogens (tertiary/aromatic N) is 4. The number of aromatic nitrogens is 2. The van der Waals surface area contributed by atoms with Gasteiger partial charge in [0.25, 0.3) is 0 Å². The second-order valence-electron chi connectivity index (χ2n) is 7.02. The van der Waals surface area contributed by atoms with Crippen LogP contribution in [0.2, 0.25) is 5.02 Å². The van der Waals surface area contributed by atoms with Gasteiger partial charge in [0.05, 0.1) is 6.04 Å². The standard InChI is InChI=1S/C21H22ClN5OS.2ClH/c22-17-3-1-15(2-4-17)11-19(23)21(28)27-8-6-26(7-9-27)20-18(12-24-14-25-20)16-5-10-29-13-16;;/h1-5,10,12-14,19H,6-9,11,23H2;2*1H. The van der Waals surface area contributed by atoms with E-state index in [1.807, 2.05) is 40.7 Å². The number of hydrogen-bond acceptors (Lipinski definition) is 6. The summed E-state index contributed by atoms with van der Waals surface area (Å²) in [6, 6.07) is 8.98. The topological polar surface area (TPSA) is 75.4 Å². The minimum absolute atomic E-state index is 0. The van der Waals surface area contributed by atoms with Crippen LogP contribution in [-0.4, -0.2) is 53.0 Å². The number of thiophene rings is 1. The number of carbonyl (C=O) groups excluding carboxylic acids is 1. The summed E-state index contributed by atoms with van der Waals surface area (Å²) >= 11 is 7.57. The summed E-state index contributed by atoms with van der Waals surface area (Å²) in [4.78, 5) is 25.6. The minimum Gasteiger partial charge on any atom is -0.352 e. The molecule has 6 nitrogen and oxygen atoms in total. The van der Waals surface area contributed by atoms with Crippen LogP contribution in [0, 0.1) is 0 Å². The number of rotatable bonds is 5. The highest BCUT2D eigenvalue weighted by molar-refractivity contribution is 7.08. The van der Waals surface area contributed by atoms with Crippen molar-refractivity contribution in [3.05, 3.63) is 64.2 Å². The first-order valence-corrected chi connectivity index (χ1v) is 10.8. The molecule has 1 aromatic carbocycles. The Balaban J connectivity index is 0.00000171. The number of carbonyl (C=O) groups is 1. The summed E-state index contributed by atoms with van der Waals surface area (Å²) in [7, 11) is 0. The molecule has 1 unspecified atom stereocenters. The van der Waals surface area contributed by atoms with Crippen molar-refractivity contribution < 1.29 is 4.79 Å². The predicted octanol–water partition coefficient (Wildman–Crippen LogP) is 3.92. The second-order valence-corrected chi connectivity index (χ2v) is 8.24. The molecule has 1 aliphatic heterocycles. The van der Waals surface area contributed by atoms with E-state index in [1.54, 1.807) is 17.7 Å². The molecule has 1 saturated heterocycles. The maximum absolute atomic E-state index is 12.8. The van der Waals surface area contributed by atoms with Crippen molar-refractivity contribution in [1.82, 2.24) is 14.9 Å². The van der Waals surface area contributed by atoms with Gasteiger partial charge in [0.2, 0.25) is 5.91 Å². The van der Waals surface area contributed by atoms with E-state index in [1.165, 1.54) is 0 Å². The third-order valence-corrected chi connectivity index (χ3v) is 6.04. The van der Waals surface area contributed by atoms with Gasteiger partial charge < -0.3 is 15.5 Å². The summed E-state index contributed by atoms with van der Waals surface area (Å²) in [6.45, 7) is 2.68. The molecule has 31 heavy (non-hydrogen) atoms. The maximum atomic E-state index is 12.8.